The Morgan fingerprint density at radius 2 is 2.10 bits per heavy atom. The first-order valence-corrected chi connectivity index (χ1v) is 8.09. The quantitative estimate of drug-likeness (QED) is 0.903. The van der Waals surface area contributed by atoms with E-state index in [1.165, 1.54) is 0 Å². The zero-order valence-electron chi connectivity index (χ0n) is 12.1. The second kappa shape index (κ2) is 7.54. The smallest absolute Gasteiger partial charge is 0.272 e. The molecular weight excluding hydrogens is 334 g/mol. The molecule has 6 heteroatoms. The first-order valence-electron chi connectivity index (χ1n) is 7.30. The van der Waals surface area contributed by atoms with Gasteiger partial charge in [-0.1, -0.05) is 6.92 Å². The van der Waals surface area contributed by atoms with E-state index in [0.29, 0.717) is 25.2 Å². The third kappa shape index (κ3) is 4.52. The number of halogens is 1. The summed E-state index contributed by atoms with van der Waals surface area (Å²) in [6, 6.07) is 3.73. The Kier molecular flexibility index (Phi) is 5.73. The maximum atomic E-state index is 12.3. The van der Waals surface area contributed by atoms with Crippen LogP contribution < -0.4 is 5.32 Å². The van der Waals surface area contributed by atoms with E-state index < -0.39 is 0 Å². The number of nitrogens with one attached hydrogen (secondary N) is 1. The van der Waals surface area contributed by atoms with Crippen molar-refractivity contribution in [1.82, 2.24) is 15.2 Å². The van der Waals surface area contributed by atoms with Crippen LogP contribution in [0.3, 0.4) is 0 Å². The summed E-state index contributed by atoms with van der Waals surface area (Å²) in [5.74, 6) is 0.0673. The highest BCUT2D eigenvalue weighted by Gasteiger charge is 2.24. The second-order valence-corrected chi connectivity index (χ2v) is 6.16. The highest BCUT2D eigenvalue weighted by molar-refractivity contribution is 9.10. The minimum atomic E-state index is -0.0409. The van der Waals surface area contributed by atoms with Crippen molar-refractivity contribution in [2.24, 2.45) is 0 Å². The maximum Gasteiger partial charge on any atom is 0.272 e. The van der Waals surface area contributed by atoms with Gasteiger partial charge in [-0.3, -0.25) is 9.59 Å². The second-order valence-electron chi connectivity index (χ2n) is 5.25. The summed E-state index contributed by atoms with van der Waals surface area (Å²) in [4.78, 5) is 29.8. The molecule has 0 aromatic carbocycles. The fourth-order valence-corrected chi connectivity index (χ4v) is 2.65. The van der Waals surface area contributed by atoms with Crippen LogP contribution in [0.15, 0.2) is 22.8 Å². The van der Waals surface area contributed by atoms with Gasteiger partial charge in [0.2, 0.25) is 5.91 Å². The number of carbonyl (C=O) groups is 2. The molecule has 1 aliphatic heterocycles. The van der Waals surface area contributed by atoms with Crippen LogP contribution in [0.5, 0.6) is 0 Å². The van der Waals surface area contributed by atoms with Gasteiger partial charge in [-0.05, 0) is 47.3 Å². The van der Waals surface area contributed by atoms with Gasteiger partial charge in [0.1, 0.15) is 5.69 Å². The molecule has 5 nitrogen and oxygen atoms in total. The van der Waals surface area contributed by atoms with Gasteiger partial charge >= 0.3 is 0 Å². The lowest BCUT2D eigenvalue weighted by Crippen LogP contribution is -2.46. The zero-order valence-corrected chi connectivity index (χ0v) is 13.7. The van der Waals surface area contributed by atoms with E-state index in [2.05, 4.69) is 26.2 Å². The minimum absolute atomic E-state index is 0.0409. The Bertz CT molecular complexity index is 496. The third-order valence-corrected chi connectivity index (χ3v) is 4.04. The zero-order chi connectivity index (χ0) is 15.2. The number of pyridine rings is 1. The van der Waals surface area contributed by atoms with Crippen molar-refractivity contribution < 1.29 is 9.59 Å². The lowest BCUT2D eigenvalue weighted by molar-refractivity contribution is -0.122. The van der Waals surface area contributed by atoms with Crippen molar-refractivity contribution in [2.75, 3.05) is 13.1 Å². The third-order valence-electron chi connectivity index (χ3n) is 3.57. The largest absolute Gasteiger partial charge is 0.353 e. The van der Waals surface area contributed by atoms with E-state index in [1.807, 2.05) is 13.0 Å². The highest BCUT2D eigenvalue weighted by Crippen LogP contribution is 2.15. The molecule has 1 saturated heterocycles. The van der Waals surface area contributed by atoms with Crippen molar-refractivity contribution >= 4 is 27.7 Å². The van der Waals surface area contributed by atoms with E-state index in [4.69, 9.17) is 0 Å². The van der Waals surface area contributed by atoms with Crippen molar-refractivity contribution in [3.8, 4) is 0 Å². The number of carbonyl (C=O) groups excluding carboxylic acids is 2. The Labute approximate surface area is 133 Å². The van der Waals surface area contributed by atoms with E-state index in [1.54, 1.807) is 17.2 Å². The van der Waals surface area contributed by atoms with Gasteiger partial charge in [0.25, 0.3) is 5.91 Å². The molecule has 0 radical (unpaired) electrons. The Balaban J connectivity index is 1.84. The summed E-state index contributed by atoms with van der Waals surface area (Å²) in [7, 11) is 0. The average molecular weight is 354 g/mol. The summed E-state index contributed by atoms with van der Waals surface area (Å²) in [6.45, 7) is 3.31. The van der Waals surface area contributed by atoms with Crippen LogP contribution in [0.2, 0.25) is 0 Å². The Hall–Kier alpha value is -1.43. The molecule has 1 aromatic rings. The SMILES string of the molecule is CCCC(=O)NC1CCN(C(=O)c2ccc(Br)cn2)CC1. The number of hydrogen-bond donors (Lipinski definition) is 1. The number of amides is 2. The maximum absolute atomic E-state index is 12.3. The number of aromatic nitrogens is 1. The molecule has 21 heavy (non-hydrogen) atoms. The molecule has 0 unspecified atom stereocenters. The lowest BCUT2D eigenvalue weighted by Gasteiger charge is -2.32. The molecule has 1 N–H and O–H groups in total. The van der Waals surface area contributed by atoms with E-state index >= 15 is 0 Å². The van der Waals surface area contributed by atoms with Crippen molar-refractivity contribution in [2.45, 2.75) is 38.6 Å². The van der Waals surface area contributed by atoms with Gasteiger partial charge in [0.05, 0.1) is 0 Å². The minimum Gasteiger partial charge on any atom is -0.353 e. The van der Waals surface area contributed by atoms with Crippen LogP contribution in [0.1, 0.15) is 43.1 Å². The topological polar surface area (TPSA) is 62.3 Å². The summed E-state index contributed by atoms with van der Waals surface area (Å²) < 4.78 is 0.858. The van der Waals surface area contributed by atoms with Crippen LogP contribution in [0, 0.1) is 0 Å². The van der Waals surface area contributed by atoms with Gasteiger partial charge < -0.3 is 10.2 Å². The van der Waals surface area contributed by atoms with Crippen molar-refractivity contribution in [3.63, 3.8) is 0 Å². The number of nitrogens with zero attached hydrogens (tertiary/aromatic N) is 2. The molecule has 0 saturated carbocycles. The standard InChI is InChI=1S/C15H20BrN3O2/c1-2-3-14(20)18-12-6-8-19(9-7-12)15(21)13-5-4-11(16)10-17-13/h4-5,10,12H,2-3,6-9H2,1H3,(H,18,20). The fourth-order valence-electron chi connectivity index (χ4n) is 2.42. The first kappa shape index (κ1) is 15.9. The summed E-state index contributed by atoms with van der Waals surface area (Å²) in [5.41, 5.74) is 0.465. The monoisotopic (exact) mass is 353 g/mol. The molecule has 1 aromatic heterocycles. The predicted octanol–water partition coefficient (Wildman–Crippen LogP) is 2.37. The fraction of sp³-hybridized carbons (Fsp3) is 0.533. The number of rotatable bonds is 4. The Morgan fingerprint density at radius 1 is 1.38 bits per heavy atom. The molecule has 0 spiro atoms. The molecule has 0 aliphatic carbocycles. The van der Waals surface area contributed by atoms with Crippen molar-refractivity contribution in [3.05, 3.63) is 28.5 Å². The predicted molar refractivity (Wildman–Crippen MR) is 83.9 cm³/mol. The van der Waals surface area contributed by atoms with Crippen LogP contribution >= 0.6 is 15.9 Å². The number of likely N-dealkylation sites (tertiary alicyclic amines) is 1. The molecular formula is C15H20BrN3O2. The summed E-state index contributed by atoms with van der Waals surface area (Å²) in [5, 5.41) is 3.03. The molecule has 2 amide bonds. The van der Waals surface area contributed by atoms with Gasteiger partial charge in [0.15, 0.2) is 0 Å². The van der Waals surface area contributed by atoms with Gasteiger partial charge in [-0.15, -0.1) is 0 Å². The Morgan fingerprint density at radius 3 is 2.67 bits per heavy atom. The lowest BCUT2D eigenvalue weighted by atomic mass is 10.0. The molecule has 0 atom stereocenters. The van der Waals surface area contributed by atoms with Crippen LogP contribution in [-0.2, 0) is 4.79 Å². The number of hydrogen-bond acceptors (Lipinski definition) is 3. The first-order chi connectivity index (χ1) is 10.1. The van der Waals surface area contributed by atoms with Crippen LogP contribution in [0.25, 0.3) is 0 Å². The summed E-state index contributed by atoms with van der Waals surface area (Å²) in [6.07, 6.45) is 4.67. The molecule has 2 heterocycles. The molecule has 0 bridgehead atoms. The van der Waals surface area contributed by atoms with Crippen LogP contribution in [-0.4, -0.2) is 40.8 Å². The van der Waals surface area contributed by atoms with Crippen LogP contribution in [0.4, 0.5) is 0 Å². The van der Waals surface area contributed by atoms with E-state index in [9.17, 15) is 9.59 Å². The summed E-state index contributed by atoms with van der Waals surface area (Å²) >= 11 is 3.31. The van der Waals surface area contributed by atoms with E-state index in [-0.39, 0.29) is 17.9 Å². The normalized spacial score (nSPS) is 15.8. The average Bonchev–Trinajstić information content (AvgIpc) is 2.48. The molecule has 1 fully saturated rings. The molecule has 114 valence electrons. The highest BCUT2D eigenvalue weighted by atomic mass is 79.9. The van der Waals surface area contributed by atoms with Gasteiger partial charge in [-0.2, -0.15) is 0 Å². The van der Waals surface area contributed by atoms with Crippen molar-refractivity contribution in [1.29, 1.82) is 0 Å². The molecule has 1 aliphatic rings. The van der Waals surface area contributed by atoms with E-state index in [0.717, 1.165) is 23.7 Å². The van der Waals surface area contributed by atoms with Gasteiger partial charge in [-0.25, -0.2) is 4.98 Å². The molecule has 2 rings (SSSR count). The number of piperidine rings is 1. The van der Waals surface area contributed by atoms with Gasteiger partial charge in [0, 0.05) is 36.2 Å².